The minimum Gasteiger partial charge on any atom is -0.450 e. The van der Waals surface area contributed by atoms with E-state index >= 15 is 0 Å². The van der Waals surface area contributed by atoms with Crippen LogP contribution >= 0.6 is 0 Å². The van der Waals surface area contributed by atoms with Crippen LogP contribution in [-0.4, -0.2) is 22.6 Å². The molecule has 1 amide bonds. The monoisotopic (exact) mass is 375 g/mol. The number of carbonyl (C=O) groups is 1. The van der Waals surface area contributed by atoms with E-state index in [0.29, 0.717) is 29.1 Å². The first-order valence-corrected chi connectivity index (χ1v) is 8.81. The summed E-state index contributed by atoms with van der Waals surface area (Å²) in [5.41, 5.74) is 1.82. The molecule has 1 N–H and O–H groups in total. The Morgan fingerprint density at radius 2 is 1.93 bits per heavy atom. The first-order valence-electron chi connectivity index (χ1n) is 8.81. The molecule has 0 spiro atoms. The molecule has 28 heavy (non-hydrogen) atoms. The molecule has 2 aromatic carbocycles. The number of aromatic nitrogens is 2. The lowest BCUT2D eigenvalue weighted by Gasteiger charge is -2.05. The number of nitrogens with zero attached hydrogens (tertiary/aromatic N) is 2. The molecule has 4 aromatic rings. The van der Waals surface area contributed by atoms with Gasteiger partial charge in [0.25, 0.3) is 5.91 Å². The fourth-order valence-corrected chi connectivity index (χ4v) is 2.86. The van der Waals surface area contributed by atoms with Crippen molar-refractivity contribution in [2.45, 2.75) is 13.3 Å². The Balaban J connectivity index is 1.43. The third-order valence-corrected chi connectivity index (χ3v) is 4.30. The van der Waals surface area contributed by atoms with Crippen molar-refractivity contribution < 1.29 is 13.7 Å². The molecule has 7 nitrogen and oxygen atoms in total. The van der Waals surface area contributed by atoms with Gasteiger partial charge in [0.05, 0.1) is 5.39 Å². The van der Waals surface area contributed by atoms with Crippen LogP contribution in [0, 0.1) is 6.92 Å². The highest BCUT2D eigenvalue weighted by atomic mass is 16.5. The molecule has 0 atom stereocenters. The summed E-state index contributed by atoms with van der Waals surface area (Å²) in [5, 5.41) is 7.10. The Morgan fingerprint density at radius 1 is 1.11 bits per heavy atom. The van der Waals surface area contributed by atoms with E-state index in [4.69, 9.17) is 8.94 Å². The topological polar surface area (TPSA) is 98.2 Å². The molecule has 0 aliphatic heterocycles. The van der Waals surface area contributed by atoms with Crippen molar-refractivity contribution in [2.75, 3.05) is 6.54 Å². The second-order valence-corrected chi connectivity index (χ2v) is 6.31. The molecule has 0 saturated carbocycles. The van der Waals surface area contributed by atoms with Crippen LogP contribution in [0.2, 0.25) is 0 Å². The van der Waals surface area contributed by atoms with Crippen molar-refractivity contribution in [1.29, 1.82) is 0 Å². The zero-order chi connectivity index (χ0) is 19.5. The number of rotatable bonds is 5. The van der Waals surface area contributed by atoms with Gasteiger partial charge in [0.1, 0.15) is 5.58 Å². The Morgan fingerprint density at radius 3 is 2.75 bits per heavy atom. The molecule has 2 aromatic heterocycles. The third kappa shape index (κ3) is 3.55. The lowest BCUT2D eigenvalue weighted by Crippen LogP contribution is -2.26. The molecular formula is C21H17N3O4. The summed E-state index contributed by atoms with van der Waals surface area (Å²) >= 11 is 0. The number of amides is 1. The molecule has 0 fully saturated rings. The predicted molar refractivity (Wildman–Crippen MR) is 103 cm³/mol. The van der Waals surface area contributed by atoms with E-state index in [1.54, 1.807) is 12.1 Å². The second-order valence-electron chi connectivity index (χ2n) is 6.31. The highest BCUT2D eigenvalue weighted by Gasteiger charge is 2.14. The Bertz CT molecular complexity index is 1200. The predicted octanol–water partition coefficient (Wildman–Crippen LogP) is 3.12. The first-order chi connectivity index (χ1) is 13.6. The maximum atomic E-state index is 12.4. The van der Waals surface area contributed by atoms with Crippen molar-refractivity contribution in [3.8, 4) is 11.4 Å². The lowest BCUT2D eigenvalue weighted by atomic mass is 10.1. The third-order valence-electron chi connectivity index (χ3n) is 4.30. The van der Waals surface area contributed by atoms with Gasteiger partial charge in [-0.2, -0.15) is 4.98 Å². The summed E-state index contributed by atoms with van der Waals surface area (Å²) in [4.78, 5) is 28.9. The van der Waals surface area contributed by atoms with Gasteiger partial charge in [-0.15, -0.1) is 0 Å². The standard InChI is InChI=1S/C21H17N3O4/c1-13-6-5-9-15-16(25)12-17(27-19(13)15)21(26)22-11-10-18-23-20(24-28-18)14-7-3-2-4-8-14/h2-9,12H,10-11H2,1H3,(H,22,26). The molecule has 0 aliphatic carbocycles. The lowest BCUT2D eigenvalue weighted by molar-refractivity contribution is 0.0926. The van der Waals surface area contributed by atoms with Crippen molar-refractivity contribution in [3.63, 3.8) is 0 Å². The number of aryl methyl sites for hydroxylation is 1. The van der Waals surface area contributed by atoms with Crippen LogP contribution in [0.3, 0.4) is 0 Å². The maximum absolute atomic E-state index is 12.4. The Labute approximate surface area is 160 Å². The van der Waals surface area contributed by atoms with Gasteiger partial charge in [0, 0.05) is 24.6 Å². The van der Waals surface area contributed by atoms with Gasteiger partial charge in [-0.05, 0) is 18.6 Å². The molecule has 4 rings (SSSR count). The van der Waals surface area contributed by atoms with Gasteiger partial charge in [0.2, 0.25) is 11.7 Å². The van der Waals surface area contributed by atoms with E-state index in [1.165, 1.54) is 6.07 Å². The average molecular weight is 375 g/mol. The van der Waals surface area contributed by atoms with E-state index in [0.717, 1.165) is 11.1 Å². The van der Waals surface area contributed by atoms with Crippen LogP contribution in [0.25, 0.3) is 22.4 Å². The molecule has 0 aliphatic rings. The maximum Gasteiger partial charge on any atom is 0.287 e. The smallest absolute Gasteiger partial charge is 0.287 e. The minimum absolute atomic E-state index is 0.0256. The van der Waals surface area contributed by atoms with E-state index in [9.17, 15) is 9.59 Å². The highest BCUT2D eigenvalue weighted by Crippen LogP contribution is 2.17. The molecular weight excluding hydrogens is 358 g/mol. The normalized spacial score (nSPS) is 10.9. The summed E-state index contributed by atoms with van der Waals surface area (Å²) in [7, 11) is 0. The summed E-state index contributed by atoms with van der Waals surface area (Å²) in [6.07, 6.45) is 0.364. The molecule has 0 radical (unpaired) electrons. The van der Waals surface area contributed by atoms with E-state index in [1.807, 2.05) is 43.3 Å². The van der Waals surface area contributed by atoms with Gasteiger partial charge in [-0.3, -0.25) is 9.59 Å². The fraction of sp³-hybridized carbons (Fsp3) is 0.143. The largest absolute Gasteiger partial charge is 0.450 e. The molecule has 0 unspecified atom stereocenters. The summed E-state index contributed by atoms with van der Waals surface area (Å²) in [6, 6.07) is 16.0. The quantitative estimate of drug-likeness (QED) is 0.575. The zero-order valence-corrected chi connectivity index (χ0v) is 15.1. The van der Waals surface area contributed by atoms with Crippen molar-refractivity contribution in [1.82, 2.24) is 15.5 Å². The molecule has 2 heterocycles. The second kappa shape index (κ2) is 7.48. The zero-order valence-electron chi connectivity index (χ0n) is 15.1. The van der Waals surface area contributed by atoms with Crippen molar-refractivity contribution in [2.24, 2.45) is 0 Å². The van der Waals surface area contributed by atoms with Gasteiger partial charge in [-0.1, -0.05) is 47.6 Å². The number of hydrogen-bond donors (Lipinski definition) is 1. The number of carbonyl (C=O) groups excluding carboxylic acids is 1. The number of hydrogen-bond acceptors (Lipinski definition) is 6. The SMILES string of the molecule is Cc1cccc2c(=O)cc(C(=O)NCCc3nc(-c4ccccc4)no3)oc12. The van der Waals surface area contributed by atoms with Gasteiger partial charge in [0.15, 0.2) is 11.2 Å². The molecule has 0 saturated heterocycles. The van der Waals surface area contributed by atoms with Crippen molar-refractivity contribution >= 4 is 16.9 Å². The Kier molecular flexibility index (Phi) is 4.72. The average Bonchev–Trinajstić information content (AvgIpc) is 3.18. The molecule has 7 heteroatoms. The summed E-state index contributed by atoms with van der Waals surface area (Å²) in [5.74, 6) is 0.417. The van der Waals surface area contributed by atoms with Crippen LogP contribution < -0.4 is 10.7 Å². The summed E-state index contributed by atoms with van der Waals surface area (Å²) in [6.45, 7) is 2.09. The number of nitrogens with one attached hydrogen (secondary N) is 1. The summed E-state index contributed by atoms with van der Waals surface area (Å²) < 4.78 is 10.8. The minimum atomic E-state index is -0.468. The van der Waals surface area contributed by atoms with Crippen molar-refractivity contribution in [3.05, 3.63) is 82.0 Å². The number of benzene rings is 2. The first kappa shape index (κ1) is 17.7. The fourth-order valence-electron chi connectivity index (χ4n) is 2.86. The van der Waals surface area contributed by atoms with Crippen LogP contribution in [0.4, 0.5) is 0 Å². The number of fused-ring (bicyclic) bond motifs is 1. The van der Waals surface area contributed by atoms with E-state index in [2.05, 4.69) is 15.5 Å². The van der Waals surface area contributed by atoms with Crippen LogP contribution in [0.15, 0.2) is 68.3 Å². The van der Waals surface area contributed by atoms with Gasteiger partial charge >= 0.3 is 0 Å². The molecule has 0 bridgehead atoms. The van der Waals surface area contributed by atoms with Crippen LogP contribution in [-0.2, 0) is 6.42 Å². The van der Waals surface area contributed by atoms with Crippen LogP contribution in [0.5, 0.6) is 0 Å². The number of para-hydroxylation sites is 1. The van der Waals surface area contributed by atoms with E-state index < -0.39 is 5.91 Å². The van der Waals surface area contributed by atoms with E-state index in [-0.39, 0.29) is 17.7 Å². The van der Waals surface area contributed by atoms with Gasteiger partial charge in [-0.25, -0.2) is 0 Å². The van der Waals surface area contributed by atoms with Gasteiger partial charge < -0.3 is 14.3 Å². The highest BCUT2D eigenvalue weighted by molar-refractivity contribution is 5.93. The molecule has 140 valence electrons. The Hall–Kier alpha value is -3.74. The van der Waals surface area contributed by atoms with Crippen LogP contribution in [0.1, 0.15) is 22.0 Å².